The highest BCUT2D eigenvalue weighted by molar-refractivity contribution is 5.44. The molecule has 0 saturated carbocycles. The lowest BCUT2D eigenvalue weighted by Gasteiger charge is -2.02. The molecule has 0 bridgehead atoms. The van der Waals surface area contributed by atoms with Crippen molar-refractivity contribution in [1.82, 2.24) is 9.38 Å². The molecule has 0 aliphatic heterocycles. The average Bonchev–Trinajstić information content (AvgIpc) is 2.58. The molecule has 3 nitrogen and oxygen atoms in total. The van der Waals surface area contributed by atoms with Crippen LogP contribution in [0.4, 0.5) is 0 Å². The Morgan fingerprint density at radius 2 is 2.27 bits per heavy atom. The average molecular weight is 199 g/mol. The molecule has 0 unspecified atom stereocenters. The Hall–Kier alpha value is -1.82. The highest BCUT2D eigenvalue weighted by Gasteiger charge is 2.13. The lowest BCUT2D eigenvalue weighted by atomic mass is 10.1. The van der Waals surface area contributed by atoms with Crippen molar-refractivity contribution in [2.45, 2.75) is 26.2 Å². The number of pyridine rings is 1. The van der Waals surface area contributed by atoms with Crippen LogP contribution in [0.25, 0.3) is 5.65 Å². The van der Waals surface area contributed by atoms with Crippen molar-refractivity contribution in [1.29, 1.82) is 5.26 Å². The number of nitriles is 1. The number of imidazole rings is 1. The van der Waals surface area contributed by atoms with Crippen molar-refractivity contribution in [2.24, 2.45) is 0 Å². The Bertz CT molecular complexity index is 517. The molecule has 0 aliphatic rings. The van der Waals surface area contributed by atoms with E-state index in [0.29, 0.717) is 12.3 Å². The largest absolute Gasteiger partial charge is 0.303 e. The van der Waals surface area contributed by atoms with Crippen LogP contribution in [0, 0.1) is 11.3 Å². The van der Waals surface area contributed by atoms with Crippen molar-refractivity contribution in [3.8, 4) is 6.07 Å². The summed E-state index contributed by atoms with van der Waals surface area (Å²) in [6, 6.07) is 8.08. The van der Waals surface area contributed by atoms with Gasteiger partial charge in [0.1, 0.15) is 5.65 Å². The van der Waals surface area contributed by atoms with Crippen LogP contribution >= 0.6 is 0 Å². The van der Waals surface area contributed by atoms with Gasteiger partial charge in [-0.15, -0.1) is 0 Å². The maximum Gasteiger partial charge on any atom is 0.137 e. The van der Waals surface area contributed by atoms with E-state index >= 15 is 0 Å². The van der Waals surface area contributed by atoms with Crippen molar-refractivity contribution in [3.63, 3.8) is 0 Å². The first-order chi connectivity index (χ1) is 7.24. The van der Waals surface area contributed by atoms with Gasteiger partial charge in [0, 0.05) is 6.20 Å². The molecule has 3 heteroatoms. The van der Waals surface area contributed by atoms with Gasteiger partial charge in [0.2, 0.25) is 0 Å². The van der Waals surface area contributed by atoms with Crippen LogP contribution in [0.3, 0.4) is 0 Å². The maximum atomic E-state index is 8.81. The minimum Gasteiger partial charge on any atom is -0.303 e. The summed E-state index contributed by atoms with van der Waals surface area (Å²) in [6.07, 6.45) is 2.37. The molecule has 2 heterocycles. The van der Waals surface area contributed by atoms with Crippen LogP contribution in [0.5, 0.6) is 0 Å². The molecule has 2 rings (SSSR count). The van der Waals surface area contributed by atoms with Crippen LogP contribution in [0.1, 0.15) is 31.2 Å². The molecule has 0 N–H and O–H groups in total. The Labute approximate surface area is 89.0 Å². The first kappa shape index (κ1) is 9.72. The van der Waals surface area contributed by atoms with Gasteiger partial charge in [-0.1, -0.05) is 19.9 Å². The normalized spacial score (nSPS) is 10.8. The Morgan fingerprint density at radius 3 is 2.93 bits per heavy atom. The van der Waals surface area contributed by atoms with E-state index in [1.165, 1.54) is 0 Å². The molecule has 2 aromatic heterocycles. The Kier molecular flexibility index (Phi) is 2.42. The number of fused-ring (bicyclic) bond motifs is 1. The van der Waals surface area contributed by atoms with E-state index in [0.717, 1.165) is 17.0 Å². The molecule has 0 radical (unpaired) electrons. The standard InChI is InChI=1S/C12H13N3/c1-9(2)12-10(6-7-13)15-8-4-3-5-11(15)14-12/h3-5,8-9H,6H2,1-2H3. The van der Waals surface area contributed by atoms with Crippen LogP contribution < -0.4 is 0 Å². The van der Waals surface area contributed by atoms with Crippen LogP contribution in [-0.4, -0.2) is 9.38 Å². The monoisotopic (exact) mass is 199 g/mol. The molecule has 0 atom stereocenters. The van der Waals surface area contributed by atoms with Gasteiger partial charge in [-0.25, -0.2) is 4.98 Å². The number of rotatable bonds is 2. The topological polar surface area (TPSA) is 41.1 Å². The van der Waals surface area contributed by atoms with Crippen molar-refractivity contribution < 1.29 is 0 Å². The fraction of sp³-hybridized carbons (Fsp3) is 0.333. The van der Waals surface area contributed by atoms with E-state index in [1.807, 2.05) is 28.8 Å². The molecule has 0 aliphatic carbocycles. The van der Waals surface area contributed by atoms with Gasteiger partial charge in [0.25, 0.3) is 0 Å². The molecule has 76 valence electrons. The van der Waals surface area contributed by atoms with Crippen LogP contribution in [0.15, 0.2) is 24.4 Å². The highest BCUT2D eigenvalue weighted by Crippen LogP contribution is 2.20. The van der Waals surface area contributed by atoms with E-state index in [4.69, 9.17) is 5.26 Å². The van der Waals surface area contributed by atoms with Crippen molar-refractivity contribution in [2.75, 3.05) is 0 Å². The zero-order valence-electron chi connectivity index (χ0n) is 8.94. The van der Waals surface area contributed by atoms with E-state index in [1.54, 1.807) is 0 Å². The maximum absolute atomic E-state index is 8.81. The molecule has 0 fully saturated rings. The van der Waals surface area contributed by atoms with E-state index in [2.05, 4.69) is 24.9 Å². The molecule has 0 saturated heterocycles. The number of hydrogen-bond donors (Lipinski definition) is 0. The third-order valence-electron chi connectivity index (χ3n) is 2.45. The second kappa shape index (κ2) is 3.74. The van der Waals surface area contributed by atoms with Gasteiger partial charge in [-0.3, -0.25) is 0 Å². The number of hydrogen-bond acceptors (Lipinski definition) is 2. The summed E-state index contributed by atoms with van der Waals surface area (Å²) < 4.78 is 2.00. The van der Waals surface area contributed by atoms with Gasteiger partial charge < -0.3 is 4.40 Å². The summed E-state index contributed by atoms with van der Waals surface area (Å²) in [5.41, 5.74) is 2.97. The van der Waals surface area contributed by atoms with Crippen LogP contribution in [0.2, 0.25) is 0 Å². The zero-order valence-corrected chi connectivity index (χ0v) is 8.94. The second-order valence-corrected chi connectivity index (χ2v) is 3.86. The quantitative estimate of drug-likeness (QED) is 0.745. The Balaban J connectivity index is 2.70. The van der Waals surface area contributed by atoms with E-state index in [9.17, 15) is 0 Å². The Morgan fingerprint density at radius 1 is 1.47 bits per heavy atom. The summed E-state index contributed by atoms with van der Waals surface area (Å²) in [5.74, 6) is 0.355. The fourth-order valence-electron chi connectivity index (χ4n) is 1.78. The lowest BCUT2D eigenvalue weighted by Crippen LogP contribution is -1.97. The highest BCUT2D eigenvalue weighted by atomic mass is 15.0. The van der Waals surface area contributed by atoms with E-state index < -0.39 is 0 Å². The molecule has 0 amide bonds. The van der Waals surface area contributed by atoms with Gasteiger partial charge >= 0.3 is 0 Å². The van der Waals surface area contributed by atoms with Crippen molar-refractivity contribution >= 4 is 5.65 Å². The zero-order chi connectivity index (χ0) is 10.8. The smallest absolute Gasteiger partial charge is 0.137 e. The summed E-state index contributed by atoms with van der Waals surface area (Å²) >= 11 is 0. The van der Waals surface area contributed by atoms with Crippen molar-refractivity contribution in [3.05, 3.63) is 35.8 Å². The summed E-state index contributed by atoms with van der Waals surface area (Å²) in [7, 11) is 0. The van der Waals surface area contributed by atoms with E-state index in [-0.39, 0.29) is 0 Å². The summed E-state index contributed by atoms with van der Waals surface area (Å²) in [6.45, 7) is 4.20. The molecule has 2 aromatic rings. The summed E-state index contributed by atoms with van der Waals surface area (Å²) in [4.78, 5) is 4.54. The predicted molar refractivity (Wildman–Crippen MR) is 58.6 cm³/mol. The van der Waals surface area contributed by atoms with Crippen LogP contribution in [-0.2, 0) is 6.42 Å². The predicted octanol–water partition coefficient (Wildman–Crippen LogP) is 2.52. The summed E-state index contributed by atoms with van der Waals surface area (Å²) in [5, 5.41) is 8.81. The molecular formula is C12H13N3. The number of nitrogens with zero attached hydrogens (tertiary/aromatic N) is 3. The van der Waals surface area contributed by atoms with Gasteiger partial charge in [-0.05, 0) is 18.1 Å². The van der Waals surface area contributed by atoms with Gasteiger partial charge in [0.05, 0.1) is 23.9 Å². The minimum absolute atomic E-state index is 0.355. The third kappa shape index (κ3) is 1.59. The molecular weight excluding hydrogens is 186 g/mol. The molecule has 0 aromatic carbocycles. The number of aromatic nitrogens is 2. The SMILES string of the molecule is CC(C)c1nc2ccccn2c1CC#N. The first-order valence-corrected chi connectivity index (χ1v) is 5.07. The minimum atomic E-state index is 0.355. The third-order valence-corrected chi connectivity index (χ3v) is 2.45. The first-order valence-electron chi connectivity index (χ1n) is 5.07. The van der Waals surface area contributed by atoms with Gasteiger partial charge in [0.15, 0.2) is 0 Å². The van der Waals surface area contributed by atoms with Gasteiger partial charge in [-0.2, -0.15) is 5.26 Å². The lowest BCUT2D eigenvalue weighted by molar-refractivity contribution is 0.814. The fourth-order valence-corrected chi connectivity index (χ4v) is 1.78. The second-order valence-electron chi connectivity index (χ2n) is 3.86. The molecule has 15 heavy (non-hydrogen) atoms. The molecule has 0 spiro atoms.